The van der Waals surface area contributed by atoms with E-state index in [1.807, 2.05) is 24.3 Å². The number of amides is 1. The van der Waals surface area contributed by atoms with Gasteiger partial charge in [-0.05, 0) is 30.9 Å². The maximum absolute atomic E-state index is 12.8. The molecule has 2 rings (SSSR count). The minimum absolute atomic E-state index is 0.0372. The number of para-hydroxylation sites is 1. The zero-order valence-corrected chi connectivity index (χ0v) is 15.8. The van der Waals surface area contributed by atoms with Crippen LogP contribution in [0.1, 0.15) is 44.5 Å². The van der Waals surface area contributed by atoms with Gasteiger partial charge in [-0.15, -0.1) is 10.2 Å². The van der Waals surface area contributed by atoms with E-state index in [4.69, 9.17) is 0 Å². The van der Waals surface area contributed by atoms with Gasteiger partial charge in [0, 0.05) is 12.7 Å². The molecule has 9 heteroatoms. The fourth-order valence-electron chi connectivity index (χ4n) is 2.37. The first kappa shape index (κ1) is 20.3. The van der Waals surface area contributed by atoms with Crippen LogP contribution in [0, 0.1) is 0 Å². The lowest BCUT2D eigenvalue weighted by molar-refractivity contribution is -0.147. The molecule has 1 heterocycles. The first-order valence-electron chi connectivity index (χ1n) is 8.18. The Bertz CT molecular complexity index is 776. The maximum Gasteiger partial charge on any atom is 0.451 e. The monoisotopic (exact) mass is 386 g/mol. The summed E-state index contributed by atoms with van der Waals surface area (Å²) < 4.78 is 39.2. The van der Waals surface area contributed by atoms with Crippen LogP contribution in [0.5, 0.6) is 0 Å². The predicted octanol–water partition coefficient (Wildman–Crippen LogP) is 4.47. The van der Waals surface area contributed by atoms with E-state index in [1.165, 1.54) is 7.05 Å². The number of rotatable bonds is 6. The van der Waals surface area contributed by atoms with Gasteiger partial charge in [-0.2, -0.15) is 13.2 Å². The number of hydrogen-bond donors (Lipinski definition) is 1. The Morgan fingerprint density at radius 2 is 1.92 bits per heavy atom. The smallest absolute Gasteiger partial charge is 0.325 e. The maximum atomic E-state index is 12.8. The highest BCUT2D eigenvalue weighted by Gasteiger charge is 2.38. The van der Waals surface area contributed by atoms with Gasteiger partial charge in [0.25, 0.3) is 0 Å². The number of nitrogens with one attached hydrogen (secondary N) is 1. The number of carbonyl (C=O) groups is 1. The molecule has 2 aromatic rings. The summed E-state index contributed by atoms with van der Waals surface area (Å²) in [5.41, 5.74) is 1.74. The molecule has 2 atom stereocenters. The molecule has 0 aliphatic heterocycles. The van der Waals surface area contributed by atoms with Gasteiger partial charge >= 0.3 is 6.18 Å². The molecule has 1 aromatic carbocycles. The number of halogens is 3. The second kappa shape index (κ2) is 8.11. The lowest BCUT2D eigenvalue weighted by atomic mass is 9.97. The summed E-state index contributed by atoms with van der Waals surface area (Å²) in [4.78, 5) is 12.5. The largest absolute Gasteiger partial charge is 0.451 e. The van der Waals surface area contributed by atoms with Gasteiger partial charge in [0.2, 0.25) is 11.7 Å². The number of hydrogen-bond acceptors (Lipinski definition) is 4. The number of anilines is 1. The van der Waals surface area contributed by atoms with Gasteiger partial charge in [0.15, 0.2) is 5.16 Å². The Balaban J connectivity index is 2.11. The molecule has 142 valence electrons. The van der Waals surface area contributed by atoms with E-state index in [2.05, 4.69) is 29.4 Å². The Morgan fingerprint density at radius 3 is 2.50 bits per heavy atom. The van der Waals surface area contributed by atoms with Gasteiger partial charge in [-0.3, -0.25) is 4.79 Å². The molecule has 1 aromatic heterocycles. The molecular weight excluding hydrogens is 365 g/mol. The van der Waals surface area contributed by atoms with Crippen molar-refractivity contribution in [3.8, 4) is 0 Å². The van der Waals surface area contributed by atoms with Crippen molar-refractivity contribution in [2.24, 2.45) is 7.05 Å². The van der Waals surface area contributed by atoms with E-state index in [-0.39, 0.29) is 17.0 Å². The van der Waals surface area contributed by atoms with Crippen molar-refractivity contribution in [3.63, 3.8) is 0 Å². The Morgan fingerprint density at radius 1 is 1.27 bits per heavy atom. The molecular formula is C17H21F3N4OS. The number of nitrogens with zero attached hydrogens (tertiary/aromatic N) is 3. The molecule has 0 fully saturated rings. The number of thioether (sulfide) groups is 1. The third-order valence-corrected chi connectivity index (χ3v) is 5.24. The molecule has 0 spiro atoms. The molecule has 1 N–H and O–H groups in total. The molecule has 1 amide bonds. The standard InChI is InChI=1S/C17H21F3N4OS/c1-5-10(2)12-8-6-7-9-13(12)21-14(25)11(3)26-16-23-22-15(24(16)4)17(18,19)20/h6-11H,5H2,1-4H3,(H,21,25)/t10-,11-/m1/s1. The highest BCUT2D eigenvalue weighted by atomic mass is 32.2. The highest BCUT2D eigenvalue weighted by Crippen LogP contribution is 2.31. The molecule has 0 aliphatic rings. The minimum Gasteiger partial charge on any atom is -0.325 e. The quantitative estimate of drug-likeness (QED) is 0.745. The average Bonchev–Trinajstić information content (AvgIpc) is 2.95. The fraction of sp³-hybridized carbons (Fsp3) is 0.471. The summed E-state index contributed by atoms with van der Waals surface area (Å²) in [5, 5.41) is 8.98. The summed E-state index contributed by atoms with van der Waals surface area (Å²) in [6, 6.07) is 7.52. The van der Waals surface area contributed by atoms with Crippen LogP contribution in [0.3, 0.4) is 0 Å². The van der Waals surface area contributed by atoms with Crippen molar-refractivity contribution in [3.05, 3.63) is 35.7 Å². The second-order valence-electron chi connectivity index (χ2n) is 6.01. The van der Waals surface area contributed by atoms with Crippen LogP contribution in [-0.2, 0) is 18.0 Å². The fourth-order valence-corrected chi connectivity index (χ4v) is 3.19. The van der Waals surface area contributed by atoms with Crippen molar-refractivity contribution in [1.29, 1.82) is 0 Å². The van der Waals surface area contributed by atoms with Crippen LogP contribution in [0.2, 0.25) is 0 Å². The molecule has 0 saturated heterocycles. The van der Waals surface area contributed by atoms with E-state index in [0.29, 0.717) is 5.69 Å². The van der Waals surface area contributed by atoms with Gasteiger partial charge in [0.1, 0.15) is 0 Å². The summed E-state index contributed by atoms with van der Waals surface area (Å²) in [5.74, 6) is -1.11. The van der Waals surface area contributed by atoms with Crippen LogP contribution in [0.4, 0.5) is 18.9 Å². The summed E-state index contributed by atoms with van der Waals surface area (Å²) >= 11 is 0.932. The van der Waals surface area contributed by atoms with E-state index in [9.17, 15) is 18.0 Å². The van der Waals surface area contributed by atoms with Crippen LogP contribution in [0.15, 0.2) is 29.4 Å². The van der Waals surface area contributed by atoms with Gasteiger partial charge < -0.3 is 9.88 Å². The van der Waals surface area contributed by atoms with E-state index in [1.54, 1.807) is 6.92 Å². The minimum atomic E-state index is -4.58. The normalized spacial score (nSPS) is 14.1. The van der Waals surface area contributed by atoms with Crippen molar-refractivity contribution in [2.45, 2.75) is 49.7 Å². The Hall–Kier alpha value is -2.03. The molecule has 5 nitrogen and oxygen atoms in total. The molecule has 0 bridgehead atoms. The third kappa shape index (κ3) is 4.57. The lowest BCUT2D eigenvalue weighted by Crippen LogP contribution is -2.24. The van der Waals surface area contributed by atoms with Crippen molar-refractivity contribution < 1.29 is 18.0 Å². The van der Waals surface area contributed by atoms with E-state index in [0.717, 1.165) is 28.3 Å². The molecule has 0 saturated carbocycles. The van der Waals surface area contributed by atoms with Gasteiger partial charge in [0.05, 0.1) is 5.25 Å². The molecule has 26 heavy (non-hydrogen) atoms. The molecule has 0 unspecified atom stereocenters. The predicted molar refractivity (Wildman–Crippen MR) is 95.1 cm³/mol. The highest BCUT2D eigenvalue weighted by molar-refractivity contribution is 8.00. The first-order chi connectivity index (χ1) is 12.1. The van der Waals surface area contributed by atoms with Crippen molar-refractivity contribution in [2.75, 3.05) is 5.32 Å². The molecule has 0 aliphatic carbocycles. The number of benzene rings is 1. The van der Waals surface area contributed by atoms with Gasteiger partial charge in [-0.1, -0.05) is 43.8 Å². The van der Waals surface area contributed by atoms with Gasteiger partial charge in [-0.25, -0.2) is 0 Å². The van der Waals surface area contributed by atoms with Crippen molar-refractivity contribution in [1.82, 2.24) is 14.8 Å². The number of aromatic nitrogens is 3. The second-order valence-corrected chi connectivity index (χ2v) is 7.32. The SMILES string of the molecule is CC[C@@H](C)c1ccccc1NC(=O)[C@@H](C)Sc1nnc(C(F)(F)F)n1C. The zero-order valence-electron chi connectivity index (χ0n) is 15.0. The van der Waals surface area contributed by atoms with Crippen LogP contribution >= 0.6 is 11.8 Å². The summed E-state index contributed by atoms with van der Waals surface area (Å²) in [6.07, 6.45) is -3.66. The first-order valence-corrected chi connectivity index (χ1v) is 9.06. The van der Waals surface area contributed by atoms with E-state index >= 15 is 0 Å². The van der Waals surface area contributed by atoms with E-state index < -0.39 is 17.3 Å². The van der Waals surface area contributed by atoms with Crippen LogP contribution in [-0.4, -0.2) is 25.9 Å². The topological polar surface area (TPSA) is 59.8 Å². The summed E-state index contributed by atoms with van der Waals surface area (Å²) in [7, 11) is 1.23. The lowest BCUT2D eigenvalue weighted by Gasteiger charge is -2.17. The number of carbonyl (C=O) groups excluding carboxylic acids is 1. The number of alkyl halides is 3. The van der Waals surface area contributed by atoms with Crippen molar-refractivity contribution >= 4 is 23.4 Å². The summed E-state index contributed by atoms with van der Waals surface area (Å²) in [6.45, 7) is 5.75. The third-order valence-electron chi connectivity index (χ3n) is 4.10. The van der Waals surface area contributed by atoms with Crippen LogP contribution in [0.25, 0.3) is 0 Å². The molecule has 0 radical (unpaired) electrons. The average molecular weight is 386 g/mol. The van der Waals surface area contributed by atoms with Crippen LogP contribution < -0.4 is 5.32 Å². The Kier molecular flexibility index (Phi) is 6.33. The Labute approximate surface area is 154 Å². The zero-order chi connectivity index (χ0) is 19.5.